The Bertz CT molecular complexity index is 1260. The number of halogens is 2. The average Bonchev–Trinajstić information content (AvgIpc) is 3.33. The van der Waals surface area contributed by atoms with Gasteiger partial charge in [0.2, 0.25) is 5.91 Å². The summed E-state index contributed by atoms with van der Waals surface area (Å²) in [7, 11) is -4.39. The number of nitrogens with zero attached hydrogens (tertiary/aromatic N) is 2. The molecule has 2 heterocycles. The summed E-state index contributed by atoms with van der Waals surface area (Å²) in [5, 5.41) is 2.38. The lowest BCUT2D eigenvalue weighted by Crippen LogP contribution is -2.50. The molecule has 2 aromatic rings. The van der Waals surface area contributed by atoms with E-state index in [0.717, 1.165) is 23.8 Å². The minimum absolute atomic E-state index is 0.0355. The van der Waals surface area contributed by atoms with Crippen molar-refractivity contribution in [2.75, 3.05) is 18.4 Å². The summed E-state index contributed by atoms with van der Waals surface area (Å²) in [5.74, 6) is -1.63. The van der Waals surface area contributed by atoms with Gasteiger partial charge in [-0.15, -0.1) is 0 Å². The molecule has 1 fully saturated rings. The Kier molecular flexibility index (Phi) is 4.37. The molecule has 0 saturated carbocycles. The van der Waals surface area contributed by atoms with Gasteiger partial charge < -0.3 is 10.2 Å². The van der Waals surface area contributed by atoms with Crippen LogP contribution in [0.3, 0.4) is 0 Å². The molecule has 0 aromatic heterocycles. The van der Waals surface area contributed by atoms with E-state index in [4.69, 9.17) is 0 Å². The van der Waals surface area contributed by atoms with Gasteiger partial charge >= 0.3 is 6.03 Å². The van der Waals surface area contributed by atoms with E-state index in [0.29, 0.717) is 22.8 Å². The number of nitrogens with one attached hydrogen (secondary N) is 1. The number of amides is 3. The maximum Gasteiger partial charge on any atom is 0.336 e. The van der Waals surface area contributed by atoms with Gasteiger partial charge in [-0.3, -0.25) is 4.79 Å². The zero-order chi connectivity index (χ0) is 21.9. The van der Waals surface area contributed by atoms with Crippen molar-refractivity contribution in [2.45, 2.75) is 17.4 Å². The summed E-state index contributed by atoms with van der Waals surface area (Å²) in [4.78, 5) is 26.6. The Morgan fingerprint density at radius 3 is 2.65 bits per heavy atom. The smallest absolute Gasteiger partial charge is 0.333 e. The SMILES string of the molecule is O=C(CN1C(=O)Nc2ccc(F)cc2S1(=O)=O)N1C[C@H]2C=C(c3cccc(F)c3)[C@@H]1C2. The van der Waals surface area contributed by atoms with E-state index < -0.39 is 39.2 Å². The maximum absolute atomic E-state index is 13.7. The van der Waals surface area contributed by atoms with Crippen LogP contribution in [0.4, 0.5) is 19.3 Å². The summed E-state index contributed by atoms with van der Waals surface area (Å²) < 4.78 is 53.4. The third kappa shape index (κ3) is 3.18. The molecule has 1 aliphatic carbocycles. The summed E-state index contributed by atoms with van der Waals surface area (Å²) in [6, 6.07) is 7.79. The van der Waals surface area contributed by atoms with Crippen molar-refractivity contribution in [3.05, 3.63) is 65.7 Å². The minimum atomic E-state index is -4.39. The fraction of sp³-hybridized carbons (Fsp3) is 0.238. The summed E-state index contributed by atoms with van der Waals surface area (Å²) in [6.07, 6.45) is 2.66. The van der Waals surface area contributed by atoms with Gasteiger partial charge in [-0.2, -0.15) is 0 Å². The predicted molar refractivity (Wildman–Crippen MR) is 107 cm³/mol. The number of hydrogen-bond acceptors (Lipinski definition) is 4. The van der Waals surface area contributed by atoms with Crippen LogP contribution in [0.2, 0.25) is 0 Å². The topological polar surface area (TPSA) is 86.8 Å². The number of hydrogen-bond donors (Lipinski definition) is 1. The van der Waals surface area contributed by atoms with E-state index in [2.05, 4.69) is 5.32 Å². The molecule has 5 rings (SSSR count). The van der Waals surface area contributed by atoms with E-state index in [1.54, 1.807) is 12.1 Å². The molecule has 2 aromatic carbocycles. The number of rotatable bonds is 3. The molecule has 31 heavy (non-hydrogen) atoms. The van der Waals surface area contributed by atoms with Crippen molar-refractivity contribution in [2.24, 2.45) is 5.92 Å². The van der Waals surface area contributed by atoms with Crippen LogP contribution in [0.5, 0.6) is 0 Å². The van der Waals surface area contributed by atoms with Crippen molar-refractivity contribution in [1.29, 1.82) is 0 Å². The first kappa shape index (κ1) is 19.7. The Balaban J connectivity index is 1.40. The van der Waals surface area contributed by atoms with Gasteiger partial charge in [-0.25, -0.2) is 26.3 Å². The van der Waals surface area contributed by atoms with Gasteiger partial charge in [-0.05, 0) is 53.8 Å². The number of sulfonamides is 1. The molecular formula is C21H17F2N3O4S. The molecule has 0 spiro atoms. The zero-order valence-electron chi connectivity index (χ0n) is 16.1. The molecule has 3 aliphatic rings. The standard InChI is InChI=1S/C21H17F2N3O4S/c22-14-3-1-2-13(8-14)16-6-12-7-18(16)25(10-12)20(27)11-26-21(28)24-17-5-4-15(23)9-19(17)31(26,29)30/h1-6,8-9,12,18H,7,10-11H2,(H,24,28)/t12-,18-/m0/s1. The van der Waals surface area contributed by atoms with Crippen LogP contribution in [0.1, 0.15) is 12.0 Å². The fourth-order valence-electron chi connectivity index (χ4n) is 4.47. The molecule has 3 amide bonds. The first-order chi connectivity index (χ1) is 14.7. The number of benzene rings is 2. The van der Waals surface area contributed by atoms with E-state index in [9.17, 15) is 26.8 Å². The summed E-state index contributed by atoms with van der Waals surface area (Å²) in [6.45, 7) is -0.313. The first-order valence-electron chi connectivity index (χ1n) is 9.64. The number of carbonyl (C=O) groups excluding carboxylic acids is 2. The monoisotopic (exact) mass is 445 g/mol. The number of fused-ring (bicyclic) bond motifs is 3. The lowest BCUT2D eigenvalue weighted by molar-refractivity contribution is -0.131. The Morgan fingerprint density at radius 2 is 1.90 bits per heavy atom. The van der Waals surface area contributed by atoms with Crippen molar-refractivity contribution in [3.8, 4) is 0 Å². The number of anilines is 1. The second kappa shape index (κ2) is 6.88. The zero-order valence-corrected chi connectivity index (χ0v) is 16.9. The highest BCUT2D eigenvalue weighted by molar-refractivity contribution is 7.90. The molecular weight excluding hydrogens is 428 g/mol. The quantitative estimate of drug-likeness (QED) is 0.787. The Morgan fingerprint density at radius 1 is 1.13 bits per heavy atom. The van der Waals surface area contributed by atoms with Crippen LogP contribution in [0.15, 0.2) is 53.4 Å². The molecule has 1 N–H and O–H groups in total. The normalized spacial score (nSPS) is 23.4. The van der Waals surface area contributed by atoms with E-state index in [-0.39, 0.29) is 23.5 Å². The largest absolute Gasteiger partial charge is 0.336 e. The first-order valence-corrected chi connectivity index (χ1v) is 11.1. The van der Waals surface area contributed by atoms with E-state index in [1.807, 2.05) is 6.08 Å². The van der Waals surface area contributed by atoms with Gasteiger partial charge in [0.05, 0.1) is 11.7 Å². The minimum Gasteiger partial charge on any atom is -0.333 e. The van der Waals surface area contributed by atoms with Gasteiger partial charge in [0, 0.05) is 6.54 Å². The van der Waals surface area contributed by atoms with Crippen molar-refractivity contribution < 1.29 is 26.8 Å². The van der Waals surface area contributed by atoms with Crippen LogP contribution in [0, 0.1) is 17.6 Å². The predicted octanol–water partition coefficient (Wildman–Crippen LogP) is 2.82. The second-order valence-electron chi connectivity index (χ2n) is 7.77. The molecule has 2 aliphatic heterocycles. The number of carbonyl (C=O) groups is 2. The number of likely N-dealkylation sites (tertiary alicyclic amines) is 1. The molecule has 0 radical (unpaired) electrons. The highest BCUT2D eigenvalue weighted by Gasteiger charge is 2.44. The third-order valence-electron chi connectivity index (χ3n) is 5.84. The molecule has 10 heteroatoms. The lowest BCUT2D eigenvalue weighted by atomic mass is 10.00. The molecule has 0 unspecified atom stereocenters. The highest BCUT2D eigenvalue weighted by Crippen LogP contribution is 2.42. The van der Waals surface area contributed by atoms with Gasteiger partial charge in [0.1, 0.15) is 23.1 Å². The van der Waals surface area contributed by atoms with Gasteiger partial charge in [0.15, 0.2) is 0 Å². The van der Waals surface area contributed by atoms with Crippen LogP contribution in [0.25, 0.3) is 5.57 Å². The molecule has 2 atom stereocenters. The summed E-state index contributed by atoms with van der Waals surface area (Å²) >= 11 is 0. The number of urea groups is 1. The second-order valence-corrected chi connectivity index (χ2v) is 9.60. The van der Waals surface area contributed by atoms with Crippen molar-refractivity contribution in [1.82, 2.24) is 9.21 Å². The maximum atomic E-state index is 13.7. The van der Waals surface area contributed by atoms with Crippen molar-refractivity contribution in [3.63, 3.8) is 0 Å². The van der Waals surface area contributed by atoms with Crippen LogP contribution in [-0.2, 0) is 14.8 Å². The average molecular weight is 445 g/mol. The Hall–Kier alpha value is -3.27. The van der Waals surface area contributed by atoms with Crippen LogP contribution in [-0.4, -0.2) is 48.7 Å². The molecule has 2 bridgehead atoms. The molecule has 7 nitrogen and oxygen atoms in total. The molecule has 1 saturated heterocycles. The lowest BCUT2D eigenvalue weighted by Gasteiger charge is -2.33. The van der Waals surface area contributed by atoms with Gasteiger partial charge in [-0.1, -0.05) is 18.2 Å². The molecule has 160 valence electrons. The van der Waals surface area contributed by atoms with Crippen LogP contribution >= 0.6 is 0 Å². The van der Waals surface area contributed by atoms with Gasteiger partial charge in [0.25, 0.3) is 10.0 Å². The fourth-order valence-corrected chi connectivity index (χ4v) is 5.91. The summed E-state index contributed by atoms with van der Waals surface area (Å²) in [5.41, 5.74) is 1.44. The van der Waals surface area contributed by atoms with E-state index in [1.165, 1.54) is 17.0 Å². The highest BCUT2D eigenvalue weighted by atomic mass is 32.2. The Labute approximate surface area is 177 Å². The van der Waals surface area contributed by atoms with Crippen LogP contribution < -0.4 is 5.32 Å². The van der Waals surface area contributed by atoms with E-state index >= 15 is 0 Å². The van der Waals surface area contributed by atoms with Crippen molar-refractivity contribution >= 4 is 33.2 Å². The third-order valence-corrected chi connectivity index (χ3v) is 7.61.